The molecule has 1 aliphatic heterocycles. The third-order valence-corrected chi connectivity index (χ3v) is 8.81. The van der Waals surface area contributed by atoms with Crippen molar-refractivity contribution in [2.45, 2.75) is 64.0 Å². The molecular weight excluding hydrogens is 410 g/mol. The number of hydrogen-bond acceptors (Lipinski definition) is 5. The minimum Gasteiger partial charge on any atom is -0.481 e. The summed E-state index contributed by atoms with van der Waals surface area (Å²) in [6, 6.07) is 7.64. The number of aliphatic carboxylic acids is 1. The molecule has 4 aliphatic carbocycles. The van der Waals surface area contributed by atoms with E-state index in [1.54, 1.807) is 0 Å². The molecule has 0 radical (unpaired) electrons. The molecule has 1 amide bonds. The molecule has 1 aromatic carbocycles. The highest BCUT2D eigenvalue weighted by Gasteiger charge is 2.52. The zero-order valence-electron chi connectivity index (χ0n) is 18.1. The minimum absolute atomic E-state index is 0.168. The van der Waals surface area contributed by atoms with Crippen molar-refractivity contribution in [2.75, 3.05) is 4.90 Å². The van der Waals surface area contributed by atoms with Gasteiger partial charge < -0.3 is 5.11 Å². The number of carboxylic acids is 1. The third kappa shape index (κ3) is 3.81. The van der Waals surface area contributed by atoms with Crippen LogP contribution in [0, 0.1) is 30.1 Å². The van der Waals surface area contributed by atoms with Gasteiger partial charge in [-0.05, 0) is 82.3 Å². The summed E-state index contributed by atoms with van der Waals surface area (Å²) in [4.78, 5) is 25.8. The summed E-state index contributed by atoms with van der Waals surface area (Å²) in [5, 5.41) is 18.3. The first kappa shape index (κ1) is 20.7. The molecule has 1 aromatic rings. The van der Waals surface area contributed by atoms with Gasteiger partial charge in [0.05, 0.1) is 12.1 Å². The van der Waals surface area contributed by atoms with E-state index in [1.165, 1.54) is 55.2 Å². The summed E-state index contributed by atoms with van der Waals surface area (Å²) in [6.45, 7) is 4.09. The van der Waals surface area contributed by atoms with Crippen molar-refractivity contribution >= 4 is 40.2 Å². The number of carboxylic acid groups (broad SMARTS) is 1. The number of nitrogens with zero attached hydrogens (tertiary/aromatic N) is 3. The first-order valence-electron chi connectivity index (χ1n) is 11.2. The number of aryl methyl sites for hydroxylation is 1. The molecule has 6 rings (SSSR count). The molecule has 1 atom stereocenters. The van der Waals surface area contributed by atoms with E-state index in [2.05, 4.69) is 17.1 Å². The van der Waals surface area contributed by atoms with Crippen molar-refractivity contribution in [1.82, 2.24) is 0 Å². The molecule has 5 aliphatic rings. The SMILES string of the molecule is CC(=NN=C1SC(CC(=O)O)C(=O)N1c1ccc(C)cc1)C12CC3CC(CC(C3)C1)C2. The smallest absolute Gasteiger partial charge is 0.305 e. The van der Waals surface area contributed by atoms with Crippen molar-refractivity contribution in [1.29, 1.82) is 0 Å². The maximum atomic E-state index is 13.0. The number of carbonyl (C=O) groups excluding carboxylic acids is 1. The molecule has 31 heavy (non-hydrogen) atoms. The van der Waals surface area contributed by atoms with Crippen molar-refractivity contribution in [3.05, 3.63) is 29.8 Å². The highest BCUT2D eigenvalue weighted by molar-refractivity contribution is 8.16. The lowest BCUT2D eigenvalue weighted by Gasteiger charge is -2.56. The number of benzene rings is 1. The number of amidine groups is 1. The molecule has 4 saturated carbocycles. The van der Waals surface area contributed by atoms with E-state index < -0.39 is 11.2 Å². The van der Waals surface area contributed by atoms with Gasteiger partial charge in [-0.1, -0.05) is 29.5 Å². The second-order valence-electron chi connectivity index (χ2n) is 9.98. The van der Waals surface area contributed by atoms with Crippen LogP contribution in [0.15, 0.2) is 34.5 Å². The summed E-state index contributed by atoms with van der Waals surface area (Å²) in [6.07, 6.45) is 7.57. The molecule has 164 valence electrons. The second kappa shape index (κ2) is 7.76. The van der Waals surface area contributed by atoms with Gasteiger partial charge in [-0.15, -0.1) is 5.10 Å². The average Bonchev–Trinajstić information content (AvgIpc) is 3.00. The zero-order chi connectivity index (χ0) is 21.8. The van der Waals surface area contributed by atoms with Crippen LogP contribution < -0.4 is 4.90 Å². The van der Waals surface area contributed by atoms with Gasteiger partial charge in [-0.25, -0.2) is 0 Å². The van der Waals surface area contributed by atoms with Gasteiger partial charge in [0.25, 0.3) is 0 Å². The number of rotatable bonds is 5. The van der Waals surface area contributed by atoms with Crippen LogP contribution in [0.1, 0.15) is 57.4 Å². The Bertz CT molecular complexity index is 934. The Morgan fingerprint density at radius 3 is 2.26 bits per heavy atom. The van der Waals surface area contributed by atoms with Gasteiger partial charge in [-0.3, -0.25) is 14.5 Å². The van der Waals surface area contributed by atoms with Crippen LogP contribution in [-0.4, -0.2) is 33.1 Å². The highest BCUT2D eigenvalue weighted by Crippen LogP contribution is 2.60. The molecule has 1 saturated heterocycles. The summed E-state index contributed by atoms with van der Waals surface area (Å²) >= 11 is 1.21. The lowest BCUT2D eigenvalue weighted by molar-refractivity contribution is -0.138. The first-order valence-corrected chi connectivity index (χ1v) is 12.1. The van der Waals surface area contributed by atoms with Gasteiger partial charge in [0.15, 0.2) is 5.17 Å². The second-order valence-corrected chi connectivity index (χ2v) is 11.1. The largest absolute Gasteiger partial charge is 0.481 e. The number of anilines is 1. The summed E-state index contributed by atoms with van der Waals surface area (Å²) in [5.74, 6) is 1.27. The van der Waals surface area contributed by atoms with E-state index in [1.807, 2.05) is 31.2 Å². The predicted molar refractivity (Wildman–Crippen MR) is 123 cm³/mol. The fourth-order valence-electron chi connectivity index (χ4n) is 6.53. The standard InChI is InChI=1S/C24H29N3O3S/c1-14-3-5-19(6-4-14)27-22(30)20(10-21(28)29)31-23(27)26-25-15(2)24-11-16-7-17(12-24)9-18(8-16)13-24/h3-6,16-18,20H,7-13H2,1-2H3,(H,28,29). The fourth-order valence-corrected chi connectivity index (χ4v) is 7.61. The van der Waals surface area contributed by atoms with Crippen molar-refractivity contribution in [2.24, 2.45) is 33.4 Å². The molecule has 7 heteroatoms. The number of carbonyl (C=O) groups is 2. The number of amides is 1. The van der Waals surface area contributed by atoms with Gasteiger partial charge in [0.1, 0.15) is 5.25 Å². The minimum atomic E-state index is -0.982. The van der Waals surface area contributed by atoms with Crippen LogP contribution in [0.3, 0.4) is 0 Å². The third-order valence-electron chi connectivity index (χ3n) is 7.68. The Morgan fingerprint density at radius 2 is 1.71 bits per heavy atom. The van der Waals surface area contributed by atoms with Gasteiger partial charge >= 0.3 is 5.97 Å². The Hall–Kier alpha value is -2.15. The maximum absolute atomic E-state index is 13.0. The van der Waals surface area contributed by atoms with E-state index in [4.69, 9.17) is 0 Å². The first-order chi connectivity index (χ1) is 14.8. The van der Waals surface area contributed by atoms with Gasteiger partial charge in [0, 0.05) is 11.1 Å². The summed E-state index contributed by atoms with van der Waals surface area (Å²) in [5.41, 5.74) is 3.05. The zero-order valence-corrected chi connectivity index (χ0v) is 18.9. The lowest BCUT2D eigenvalue weighted by Crippen LogP contribution is -2.49. The Kier molecular flexibility index (Phi) is 5.19. The molecule has 6 nitrogen and oxygen atoms in total. The molecule has 5 fully saturated rings. The van der Waals surface area contributed by atoms with E-state index >= 15 is 0 Å². The average molecular weight is 440 g/mol. The van der Waals surface area contributed by atoms with Crippen LogP contribution in [-0.2, 0) is 9.59 Å². The van der Waals surface area contributed by atoms with E-state index in [0.29, 0.717) is 10.9 Å². The maximum Gasteiger partial charge on any atom is 0.305 e. The summed E-state index contributed by atoms with van der Waals surface area (Å²) in [7, 11) is 0. The quantitative estimate of drug-likeness (QED) is 0.524. The molecule has 4 bridgehead atoms. The van der Waals surface area contributed by atoms with Crippen molar-refractivity contribution in [3.8, 4) is 0 Å². The summed E-state index contributed by atoms with van der Waals surface area (Å²) < 4.78 is 0. The van der Waals surface area contributed by atoms with Crippen molar-refractivity contribution < 1.29 is 14.7 Å². The van der Waals surface area contributed by atoms with E-state index in [-0.39, 0.29) is 17.7 Å². The topological polar surface area (TPSA) is 82.3 Å². The van der Waals surface area contributed by atoms with Crippen LogP contribution in [0.2, 0.25) is 0 Å². The Morgan fingerprint density at radius 1 is 1.13 bits per heavy atom. The molecule has 1 unspecified atom stereocenters. The molecular formula is C24H29N3O3S. The number of hydrogen-bond donors (Lipinski definition) is 1. The molecule has 1 N–H and O–H groups in total. The van der Waals surface area contributed by atoms with Gasteiger partial charge in [0.2, 0.25) is 5.91 Å². The molecule has 0 aromatic heterocycles. The van der Waals surface area contributed by atoms with Crippen LogP contribution in [0.25, 0.3) is 0 Å². The van der Waals surface area contributed by atoms with Crippen LogP contribution >= 0.6 is 11.8 Å². The molecule has 1 heterocycles. The highest BCUT2D eigenvalue weighted by atomic mass is 32.2. The molecule has 0 spiro atoms. The fraction of sp³-hybridized carbons (Fsp3) is 0.583. The monoisotopic (exact) mass is 439 g/mol. The van der Waals surface area contributed by atoms with Crippen LogP contribution in [0.5, 0.6) is 0 Å². The predicted octanol–water partition coefficient (Wildman–Crippen LogP) is 4.87. The van der Waals surface area contributed by atoms with Crippen molar-refractivity contribution in [3.63, 3.8) is 0 Å². The van der Waals surface area contributed by atoms with E-state index in [0.717, 1.165) is 29.0 Å². The lowest BCUT2D eigenvalue weighted by atomic mass is 9.48. The number of thioether (sulfide) groups is 1. The normalized spacial score (nSPS) is 35.9. The van der Waals surface area contributed by atoms with Crippen LogP contribution in [0.4, 0.5) is 5.69 Å². The Labute approximate surface area is 187 Å². The van der Waals surface area contributed by atoms with Gasteiger partial charge in [-0.2, -0.15) is 5.10 Å². The Balaban J connectivity index is 1.45. The van der Waals surface area contributed by atoms with E-state index in [9.17, 15) is 14.7 Å².